The van der Waals surface area contributed by atoms with E-state index in [4.69, 9.17) is 9.47 Å². The summed E-state index contributed by atoms with van der Waals surface area (Å²) in [5.74, 6) is 2.01. The van der Waals surface area contributed by atoms with Gasteiger partial charge in [0.2, 0.25) is 0 Å². The van der Waals surface area contributed by atoms with E-state index in [1.54, 1.807) is 12.1 Å². The van der Waals surface area contributed by atoms with Crippen molar-refractivity contribution in [2.45, 2.75) is 83.8 Å². The van der Waals surface area contributed by atoms with Crippen LogP contribution in [-0.2, 0) is 9.47 Å². The van der Waals surface area contributed by atoms with E-state index in [0.29, 0.717) is 5.92 Å². The maximum absolute atomic E-state index is 13.1. The third-order valence-corrected chi connectivity index (χ3v) is 6.59. The molecule has 0 N–H and O–H groups in total. The van der Waals surface area contributed by atoms with E-state index in [0.717, 1.165) is 30.6 Å². The van der Waals surface area contributed by atoms with Crippen molar-refractivity contribution in [2.24, 2.45) is 17.8 Å². The zero-order chi connectivity index (χ0) is 18.9. The maximum atomic E-state index is 13.1. The first-order valence-corrected chi connectivity index (χ1v) is 11.2. The molecule has 1 aromatic carbocycles. The van der Waals surface area contributed by atoms with Crippen LogP contribution in [0.25, 0.3) is 0 Å². The zero-order valence-electron chi connectivity index (χ0n) is 17.0. The Morgan fingerprint density at radius 2 is 1.44 bits per heavy atom. The number of ether oxygens (including phenoxy) is 2. The summed E-state index contributed by atoms with van der Waals surface area (Å²) in [6.07, 6.45) is 15.0. The minimum Gasteiger partial charge on any atom is -0.348 e. The number of benzene rings is 1. The molecule has 0 spiro atoms. The van der Waals surface area contributed by atoms with Gasteiger partial charge in [0.15, 0.2) is 6.29 Å². The first-order valence-electron chi connectivity index (χ1n) is 11.2. The Morgan fingerprint density at radius 3 is 2.11 bits per heavy atom. The Bertz CT molecular complexity index is 514. The van der Waals surface area contributed by atoms with Crippen molar-refractivity contribution in [3.05, 3.63) is 35.6 Å². The van der Waals surface area contributed by atoms with Crippen LogP contribution in [0.5, 0.6) is 0 Å². The fourth-order valence-corrected chi connectivity index (χ4v) is 4.76. The smallest absolute Gasteiger partial charge is 0.183 e. The average molecular weight is 377 g/mol. The number of halogens is 1. The summed E-state index contributed by atoms with van der Waals surface area (Å²) in [4.78, 5) is 0. The van der Waals surface area contributed by atoms with Crippen LogP contribution in [0.4, 0.5) is 4.39 Å². The fourth-order valence-electron chi connectivity index (χ4n) is 4.76. The highest BCUT2D eigenvalue weighted by atomic mass is 19.1. The van der Waals surface area contributed by atoms with Crippen LogP contribution in [0.15, 0.2) is 24.3 Å². The maximum Gasteiger partial charge on any atom is 0.183 e. The first kappa shape index (κ1) is 20.8. The lowest BCUT2D eigenvalue weighted by atomic mass is 9.74. The molecule has 0 bridgehead atoms. The van der Waals surface area contributed by atoms with Crippen molar-refractivity contribution in [2.75, 3.05) is 13.2 Å². The highest BCUT2D eigenvalue weighted by Crippen LogP contribution is 2.38. The summed E-state index contributed by atoms with van der Waals surface area (Å²) in [6.45, 7) is 3.83. The first-order chi connectivity index (χ1) is 13.3. The molecule has 27 heavy (non-hydrogen) atoms. The van der Waals surface area contributed by atoms with Crippen LogP contribution >= 0.6 is 0 Å². The van der Waals surface area contributed by atoms with Gasteiger partial charge in [0.25, 0.3) is 0 Å². The van der Waals surface area contributed by atoms with Gasteiger partial charge in [0, 0.05) is 11.5 Å². The molecule has 2 fully saturated rings. The SMILES string of the molecule is CCCCCCCC[C@H]1CC[C@H](C2COC(c3ccc(F)cc3)OC2)CC1. The molecule has 1 aliphatic carbocycles. The van der Waals surface area contributed by atoms with Crippen molar-refractivity contribution in [1.29, 1.82) is 0 Å². The molecule has 3 heteroatoms. The van der Waals surface area contributed by atoms with Crippen molar-refractivity contribution in [1.82, 2.24) is 0 Å². The lowest BCUT2D eigenvalue weighted by Gasteiger charge is -2.38. The average Bonchev–Trinajstić information content (AvgIpc) is 2.72. The zero-order valence-corrected chi connectivity index (χ0v) is 17.0. The van der Waals surface area contributed by atoms with Crippen LogP contribution in [0, 0.1) is 23.6 Å². The van der Waals surface area contributed by atoms with Crippen molar-refractivity contribution in [3.8, 4) is 0 Å². The molecule has 152 valence electrons. The monoisotopic (exact) mass is 376 g/mol. The van der Waals surface area contributed by atoms with Crippen LogP contribution in [0.1, 0.15) is 89.4 Å². The molecular formula is C24H37FO2. The van der Waals surface area contributed by atoms with Gasteiger partial charge >= 0.3 is 0 Å². The van der Waals surface area contributed by atoms with E-state index < -0.39 is 0 Å². The molecule has 1 aliphatic heterocycles. The Balaban J connectivity index is 1.31. The third kappa shape index (κ3) is 6.57. The van der Waals surface area contributed by atoms with Gasteiger partial charge in [-0.05, 0) is 36.8 Å². The second-order valence-corrected chi connectivity index (χ2v) is 8.65. The van der Waals surface area contributed by atoms with E-state index in [1.165, 1.54) is 82.8 Å². The second-order valence-electron chi connectivity index (χ2n) is 8.65. The van der Waals surface area contributed by atoms with Gasteiger partial charge in [0.1, 0.15) is 5.82 Å². The fraction of sp³-hybridized carbons (Fsp3) is 0.750. The molecule has 1 heterocycles. The minimum atomic E-state index is -0.328. The van der Waals surface area contributed by atoms with E-state index >= 15 is 0 Å². The summed E-state index contributed by atoms with van der Waals surface area (Å²) >= 11 is 0. The number of hydrogen-bond acceptors (Lipinski definition) is 2. The van der Waals surface area contributed by atoms with Crippen molar-refractivity contribution < 1.29 is 13.9 Å². The molecule has 0 atom stereocenters. The summed E-state index contributed by atoms with van der Waals surface area (Å²) in [5.41, 5.74) is 0.914. The summed E-state index contributed by atoms with van der Waals surface area (Å²) < 4.78 is 25.0. The molecule has 1 saturated heterocycles. The highest BCUT2D eigenvalue weighted by molar-refractivity contribution is 5.17. The summed E-state index contributed by atoms with van der Waals surface area (Å²) in [6, 6.07) is 6.46. The Labute approximate surface area is 164 Å². The molecule has 0 aromatic heterocycles. The quantitative estimate of drug-likeness (QED) is 0.430. The van der Waals surface area contributed by atoms with Gasteiger partial charge in [-0.2, -0.15) is 0 Å². The van der Waals surface area contributed by atoms with E-state index in [9.17, 15) is 4.39 Å². The molecule has 2 nitrogen and oxygen atoms in total. The standard InChI is InChI=1S/C24H37FO2/c1-2-3-4-5-6-7-8-19-9-11-20(12-10-19)22-17-26-24(27-18-22)21-13-15-23(25)16-14-21/h13-16,19-20,22,24H,2-12,17-18H2,1H3/t19-,20-,22?,24?. The van der Waals surface area contributed by atoms with E-state index in [2.05, 4.69) is 6.92 Å². The largest absolute Gasteiger partial charge is 0.348 e. The van der Waals surface area contributed by atoms with Crippen LogP contribution in [-0.4, -0.2) is 13.2 Å². The molecule has 0 amide bonds. The normalized spacial score (nSPS) is 29.0. The molecule has 1 aromatic rings. The second kappa shape index (κ2) is 11.2. The Kier molecular flexibility index (Phi) is 8.60. The van der Waals surface area contributed by atoms with Crippen molar-refractivity contribution >= 4 is 0 Å². The molecular weight excluding hydrogens is 339 g/mol. The lowest BCUT2D eigenvalue weighted by molar-refractivity contribution is -0.214. The third-order valence-electron chi connectivity index (χ3n) is 6.59. The van der Waals surface area contributed by atoms with Gasteiger partial charge in [-0.3, -0.25) is 0 Å². The van der Waals surface area contributed by atoms with Crippen LogP contribution < -0.4 is 0 Å². The van der Waals surface area contributed by atoms with E-state index in [-0.39, 0.29) is 12.1 Å². The summed E-state index contributed by atoms with van der Waals surface area (Å²) in [7, 11) is 0. The minimum absolute atomic E-state index is 0.217. The van der Waals surface area contributed by atoms with Gasteiger partial charge in [0.05, 0.1) is 13.2 Å². The van der Waals surface area contributed by atoms with Gasteiger partial charge in [-0.25, -0.2) is 4.39 Å². The number of rotatable bonds is 9. The van der Waals surface area contributed by atoms with Crippen LogP contribution in [0.3, 0.4) is 0 Å². The molecule has 1 saturated carbocycles. The lowest BCUT2D eigenvalue weighted by Crippen LogP contribution is -2.34. The molecule has 0 unspecified atom stereocenters. The molecule has 3 rings (SSSR count). The van der Waals surface area contributed by atoms with E-state index in [1.807, 2.05) is 0 Å². The number of unbranched alkanes of at least 4 members (excludes halogenated alkanes) is 5. The topological polar surface area (TPSA) is 18.5 Å². The van der Waals surface area contributed by atoms with Gasteiger partial charge in [-0.1, -0.05) is 76.8 Å². The predicted molar refractivity (Wildman–Crippen MR) is 108 cm³/mol. The van der Waals surface area contributed by atoms with Crippen LogP contribution in [0.2, 0.25) is 0 Å². The molecule has 2 aliphatic rings. The van der Waals surface area contributed by atoms with Gasteiger partial charge in [-0.15, -0.1) is 0 Å². The van der Waals surface area contributed by atoms with Gasteiger partial charge < -0.3 is 9.47 Å². The predicted octanol–water partition coefficient (Wildman–Crippen LogP) is 7.04. The Morgan fingerprint density at radius 1 is 0.815 bits per heavy atom. The number of hydrogen-bond donors (Lipinski definition) is 0. The summed E-state index contributed by atoms with van der Waals surface area (Å²) in [5, 5.41) is 0. The molecule has 0 radical (unpaired) electrons. The Hall–Kier alpha value is -0.930. The van der Waals surface area contributed by atoms with Crippen molar-refractivity contribution in [3.63, 3.8) is 0 Å². The highest BCUT2D eigenvalue weighted by Gasteiger charge is 2.32.